The van der Waals surface area contributed by atoms with Gasteiger partial charge in [0.1, 0.15) is 5.76 Å². The van der Waals surface area contributed by atoms with Crippen LogP contribution in [0, 0.1) is 13.8 Å². The maximum Gasteiger partial charge on any atom is 0.138 e. The van der Waals surface area contributed by atoms with Gasteiger partial charge in [-0.15, -0.1) is 0 Å². The first-order valence-electron chi connectivity index (χ1n) is 7.33. The van der Waals surface area contributed by atoms with E-state index in [-0.39, 0.29) is 0 Å². The Labute approximate surface area is 114 Å². The minimum Gasteiger partial charge on any atom is -0.361 e. The van der Waals surface area contributed by atoms with Gasteiger partial charge < -0.3 is 9.84 Å². The normalized spacial score (nSPS) is 26.1. The van der Waals surface area contributed by atoms with Crippen LogP contribution in [0.1, 0.15) is 23.4 Å². The lowest BCUT2D eigenvalue weighted by molar-refractivity contribution is 0.0977. The predicted molar refractivity (Wildman–Crippen MR) is 74.1 cm³/mol. The van der Waals surface area contributed by atoms with Crippen LogP contribution in [0.3, 0.4) is 0 Å². The molecule has 1 N–H and O–H groups in total. The molecule has 5 nitrogen and oxygen atoms in total. The molecule has 1 unspecified atom stereocenters. The predicted octanol–water partition coefficient (Wildman–Crippen LogP) is 0.771. The topological polar surface area (TPSA) is 44.5 Å². The van der Waals surface area contributed by atoms with Gasteiger partial charge in [0.15, 0.2) is 0 Å². The second kappa shape index (κ2) is 5.61. The lowest BCUT2D eigenvalue weighted by atomic mass is 10.1. The highest BCUT2D eigenvalue weighted by Gasteiger charge is 2.26. The molecule has 1 atom stereocenters. The SMILES string of the molecule is Cc1noc(C)c1CN1CCN(C2CCNC2)CC1. The molecule has 106 valence electrons. The summed E-state index contributed by atoms with van der Waals surface area (Å²) < 4.78 is 5.24. The van der Waals surface area contributed by atoms with Crippen LogP contribution < -0.4 is 5.32 Å². The lowest BCUT2D eigenvalue weighted by Crippen LogP contribution is -2.50. The van der Waals surface area contributed by atoms with Crippen molar-refractivity contribution in [2.24, 2.45) is 0 Å². The number of aromatic nitrogens is 1. The highest BCUT2D eigenvalue weighted by atomic mass is 16.5. The third-order valence-corrected chi connectivity index (χ3v) is 4.52. The van der Waals surface area contributed by atoms with Crippen molar-refractivity contribution < 1.29 is 4.52 Å². The van der Waals surface area contributed by atoms with E-state index < -0.39 is 0 Å². The molecular formula is C14H24N4O. The molecule has 2 fully saturated rings. The Balaban J connectivity index is 1.53. The van der Waals surface area contributed by atoms with Crippen LogP contribution in [0.15, 0.2) is 4.52 Å². The summed E-state index contributed by atoms with van der Waals surface area (Å²) in [5, 5.41) is 7.50. The molecular weight excluding hydrogens is 240 g/mol. The van der Waals surface area contributed by atoms with Gasteiger partial charge in [-0.1, -0.05) is 5.16 Å². The molecule has 1 aromatic heterocycles. The summed E-state index contributed by atoms with van der Waals surface area (Å²) >= 11 is 0. The molecule has 3 heterocycles. The molecule has 0 amide bonds. The summed E-state index contributed by atoms with van der Waals surface area (Å²) in [5.74, 6) is 0.972. The van der Waals surface area contributed by atoms with Crippen molar-refractivity contribution in [2.75, 3.05) is 39.3 Å². The Hall–Kier alpha value is -0.910. The van der Waals surface area contributed by atoms with Gasteiger partial charge in [-0.05, 0) is 26.8 Å². The monoisotopic (exact) mass is 264 g/mol. The Morgan fingerprint density at radius 1 is 1.26 bits per heavy atom. The third-order valence-electron chi connectivity index (χ3n) is 4.52. The average Bonchev–Trinajstić information content (AvgIpc) is 3.05. The molecule has 19 heavy (non-hydrogen) atoms. The van der Waals surface area contributed by atoms with Crippen LogP contribution in [0.4, 0.5) is 0 Å². The molecule has 3 rings (SSSR count). The molecule has 2 aliphatic heterocycles. The van der Waals surface area contributed by atoms with E-state index in [9.17, 15) is 0 Å². The van der Waals surface area contributed by atoms with E-state index in [0.717, 1.165) is 37.1 Å². The van der Waals surface area contributed by atoms with Gasteiger partial charge in [-0.3, -0.25) is 9.80 Å². The Kier molecular flexibility index (Phi) is 3.86. The maximum atomic E-state index is 5.24. The third kappa shape index (κ3) is 2.83. The summed E-state index contributed by atoms with van der Waals surface area (Å²) in [6.45, 7) is 12.1. The number of rotatable bonds is 3. The minimum absolute atomic E-state index is 0.765. The molecule has 0 saturated carbocycles. The fraction of sp³-hybridized carbons (Fsp3) is 0.786. The summed E-state index contributed by atoms with van der Waals surface area (Å²) in [7, 11) is 0. The van der Waals surface area contributed by atoms with Crippen molar-refractivity contribution in [3.63, 3.8) is 0 Å². The van der Waals surface area contributed by atoms with Crippen LogP contribution in [0.2, 0.25) is 0 Å². The number of nitrogens with one attached hydrogen (secondary N) is 1. The van der Waals surface area contributed by atoms with Crippen molar-refractivity contribution in [2.45, 2.75) is 32.9 Å². The van der Waals surface area contributed by atoms with E-state index in [1.165, 1.54) is 38.2 Å². The lowest BCUT2D eigenvalue weighted by Gasteiger charge is -2.37. The van der Waals surface area contributed by atoms with Crippen molar-refractivity contribution in [1.29, 1.82) is 0 Å². The molecule has 0 aliphatic carbocycles. The number of aryl methyl sites for hydroxylation is 2. The summed E-state index contributed by atoms with van der Waals surface area (Å²) in [5.41, 5.74) is 2.32. The van der Waals surface area contributed by atoms with E-state index in [1.807, 2.05) is 13.8 Å². The van der Waals surface area contributed by atoms with E-state index in [4.69, 9.17) is 4.52 Å². The second-order valence-electron chi connectivity index (χ2n) is 5.76. The quantitative estimate of drug-likeness (QED) is 0.873. The van der Waals surface area contributed by atoms with E-state index in [0.29, 0.717) is 0 Å². The average molecular weight is 264 g/mol. The Morgan fingerprint density at radius 2 is 2.05 bits per heavy atom. The first-order chi connectivity index (χ1) is 9.24. The van der Waals surface area contributed by atoms with Gasteiger partial charge in [0.25, 0.3) is 0 Å². The van der Waals surface area contributed by atoms with E-state index in [2.05, 4.69) is 20.3 Å². The fourth-order valence-electron chi connectivity index (χ4n) is 3.19. The van der Waals surface area contributed by atoms with Crippen molar-refractivity contribution >= 4 is 0 Å². The Morgan fingerprint density at radius 3 is 2.63 bits per heavy atom. The summed E-state index contributed by atoms with van der Waals surface area (Å²) in [6.07, 6.45) is 1.31. The van der Waals surface area contributed by atoms with Gasteiger partial charge in [0.2, 0.25) is 0 Å². The van der Waals surface area contributed by atoms with E-state index in [1.54, 1.807) is 0 Å². The highest BCUT2D eigenvalue weighted by molar-refractivity contribution is 5.20. The molecule has 2 saturated heterocycles. The zero-order chi connectivity index (χ0) is 13.2. The minimum atomic E-state index is 0.765. The largest absolute Gasteiger partial charge is 0.361 e. The van der Waals surface area contributed by atoms with Gasteiger partial charge >= 0.3 is 0 Å². The van der Waals surface area contributed by atoms with Gasteiger partial charge in [0.05, 0.1) is 5.69 Å². The highest BCUT2D eigenvalue weighted by Crippen LogP contribution is 2.17. The van der Waals surface area contributed by atoms with Crippen LogP contribution in [-0.4, -0.2) is 60.3 Å². The molecule has 0 radical (unpaired) electrons. The standard InChI is InChI=1S/C14H24N4O/c1-11-14(12(2)19-16-11)10-17-5-7-18(8-6-17)13-3-4-15-9-13/h13,15H,3-10H2,1-2H3. The molecule has 5 heteroatoms. The first-order valence-corrected chi connectivity index (χ1v) is 7.33. The molecule has 0 bridgehead atoms. The molecule has 1 aromatic rings. The van der Waals surface area contributed by atoms with Crippen LogP contribution in [-0.2, 0) is 6.54 Å². The first kappa shape index (κ1) is 13.1. The molecule has 0 aromatic carbocycles. The van der Waals surface area contributed by atoms with Crippen LogP contribution in [0.5, 0.6) is 0 Å². The molecule has 2 aliphatic rings. The Bertz CT molecular complexity index is 398. The number of hydrogen-bond acceptors (Lipinski definition) is 5. The van der Waals surface area contributed by atoms with Crippen molar-refractivity contribution in [1.82, 2.24) is 20.3 Å². The number of piperazine rings is 1. The summed E-state index contributed by atoms with van der Waals surface area (Å²) in [6, 6.07) is 0.765. The number of hydrogen-bond donors (Lipinski definition) is 1. The maximum absolute atomic E-state index is 5.24. The fourth-order valence-corrected chi connectivity index (χ4v) is 3.19. The van der Waals surface area contributed by atoms with Crippen molar-refractivity contribution in [3.05, 3.63) is 17.0 Å². The molecule has 0 spiro atoms. The van der Waals surface area contributed by atoms with Crippen LogP contribution in [0.25, 0.3) is 0 Å². The summed E-state index contributed by atoms with van der Waals surface area (Å²) in [4.78, 5) is 5.16. The second-order valence-corrected chi connectivity index (χ2v) is 5.76. The van der Waals surface area contributed by atoms with Gasteiger partial charge in [-0.25, -0.2) is 0 Å². The van der Waals surface area contributed by atoms with Crippen molar-refractivity contribution in [3.8, 4) is 0 Å². The van der Waals surface area contributed by atoms with Gasteiger partial charge in [0, 0.05) is 50.9 Å². The van der Waals surface area contributed by atoms with Crippen LogP contribution >= 0.6 is 0 Å². The zero-order valence-corrected chi connectivity index (χ0v) is 12.0. The van der Waals surface area contributed by atoms with Gasteiger partial charge in [-0.2, -0.15) is 0 Å². The van der Waals surface area contributed by atoms with E-state index >= 15 is 0 Å². The number of nitrogens with zero attached hydrogens (tertiary/aromatic N) is 3. The zero-order valence-electron chi connectivity index (χ0n) is 12.0. The smallest absolute Gasteiger partial charge is 0.138 e.